The molecule has 0 aliphatic heterocycles. The average molecular weight is 477 g/mol. The van der Waals surface area contributed by atoms with Crippen molar-refractivity contribution in [2.75, 3.05) is 16.2 Å². The second kappa shape index (κ2) is 9.66. The van der Waals surface area contributed by atoms with Gasteiger partial charge in [0.15, 0.2) is 0 Å². The van der Waals surface area contributed by atoms with Gasteiger partial charge >= 0.3 is 6.18 Å². The maximum absolute atomic E-state index is 13.3. The van der Waals surface area contributed by atoms with Crippen LogP contribution in [0.4, 0.5) is 24.5 Å². The minimum absolute atomic E-state index is 0.139. The van der Waals surface area contributed by atoms with Gasteiger partial charge in [0.1, 0.15) is 6.54 Å². The lowest BCUT2D eigenvalue weighted by molar-refractivity contribution is -0.137. The van der Waals surface area contributed by atoms with E-state index in [0.717, 1.165) is 29.3 Å². The van der Waals surface area contributed by atoms with Gasteiger partial charge in [0.25, 0.3) is 10.0 Å². The SMILES string of the molecule is CCc1cccc(C)c1NC(=O)CN(c1cccc(C(F)(F)F)c1)S(=O)(=O)c1ccccc1. The summed E-state index contributed by atoms with van der Waals surface area (Å²) < 4.78 is 67.2. The number of hydrogen-bond acceptors (Lipinski definition) is 3. The van der Waals surface area contributed by atoms with E-state index in [4.69, 9.17) is 0 Å². The van der Waals surface area contributed by atoms with Crippen LogP contribution in [0, 0.1) is 6.92 Å². The largest absolute Gasteiger partial charge is 0.416 e. The molecule has 0 fully saturated rings. The highest BCUT2D eigenvalue weighted by molar-refractivity contribution is 7.92. The van der Waals surface area contributed by atoms with Crippen LogP contribution in [0.25, 0.3) is 0 Å². The zero-order valence-electron chi connectivity index (χ0n) is 18.1. The number of rotatable bonds is 7. The minimum Gasteiger partial charge on any atom is -0.324 e. The van der Waals surface area contributed by atoms with Gasteiger partial charge in [0, 0.05) is 5.69 Å². The molecule has 1 N–H and O–H groups in total. The summed E-state index contributed by atoms with van der Waals surface area (Å²) in [4.78, 5) is 12.8. The first-order chi connectivity index (χ1) is 15.5. The number of aryl methyl sites for hydroxylation is 2. The fourth-order valence-corrected chi connectivity index (χ4v) is 4.82. The normalized spacial score (nSPS) is 11.8. The third-order valence-electron chi connectivity index (χ3n) is 5.08. The monoisotopic (exact) mass is 476 g/mol. The molecule has 3 aromatic rings. The number of nitrogens with zero attached hydrogens (tertiary/aromatic N) is 1. The Kier molecular flexibility index (Phi) is 7.12. The summed E-state index contributed by atoms with van der Waals surface area (Å²) >= 11 is 0. The van der Waals surface area contributed by atoms with Crippen molar-refractivity contribution in [3.05, 3.63) is 89.5 Å². The Bertz CT molecular complexity index is 1240. The molecule has 1 amide bonds. The third-order valence-corrected chi connectivity index (χ3v) is 6.87. The molecule has 0 saturated carbocycles. The highest BCUT2D eigenvalue weighted by atomic mass is 32.2. The maximum atomic E-state index is 13.3. The third kappa shape index (κ3) is 5.54. The van der Waals surface area contributed by atoms with Crippen LogP contribution in [-0.4, -0.2) is 20.9 Å². The predicted molar refractivity (Wildman–Crippen MR) is 122 cm³/mol. The smallest absolute Gasteiger partial charge is 0.324 e. The molecule has 0 unspecified atom stereocenters. The lowest BCUT2D eigenvalue weighted by Gasteiger charge is -2.25. The van der Waals surface area contributed by atoms with Gasteiger partial charge in [-0.1, -0.05) is 49.4 Å². The zero-order chi connectivity index (χ0) is 24.2. The van der Waals surface area contributed by atoms with E-state index in [2.05, 4.69) is 5.32 Å². The number of alkyl halides is 3. The lowest BCUT2D eigenvalue weighted by Crippen LogP contribution is -2.38. The number of benzene rings is 3. The quantitative estimate of drug-likeness (QED) is 0.496. The first kappa shape index (κ1) is 24.3. The first-order valence-electron chi connectivity index (χ1n) is 10.2. The number of anilines is 2. The van der Waals surface area contributed by atoms with E-state index < -0.39 is 34.2 Å². The Morgan fingerprint density at radius 2 is 1.64 bits per heavy atom. The summed E-state index contributed by atoms with van der Waals surface area (Å²) in [5, 5.41) is 2.73. The lowest BCUT2D eigenvalue weighted by atomic mass is 10.1. The summed E-state index contributed by atoms with van der Waals surface area (Å²) in [6.45, 7) is 3.02. The number of halogens is 3. The Balaban J connectivity index is 2.03. The van der Waals surface area contributed by atoms with Crippen molar-refractivity contribution >= 4 is 27.3 Å². The van der Waals surface area contributed by atoms with Crippen molar-refractivity contribution in [2.45, 2.75) is 31.3 Å². The van der Waals surface area contributed by atoms with E-state index in [1.165, 1.54) is 30.3 Å². The predicted octanol–water partition coefficient (Wildman–Crippen LogP) is 5.41. The molecule has 0 saturated heterocycles. The standard InChI is InChI=1S/C24H23F3N2O3S/c1-3-18-10-7-9-17(2)23(18)28-22(30)16-29(33(31,32)21-13-5-4-6-14-21)20-12-8-11-19(15-20)24(25,26)27/h4-15H,3,16H2,1-2H3,(H,28,30). The Morgan fingerprint density at radius 1 is 0.970 bits per heavy atom. The van der Waals surface area contributed by atoms with Crippen LogP contribution in [-0.2, 0) is 27.4 Å². The Morgan fingerprint density at radius 3 is 2.27 bits per heavy atom. The maximum Gasteiger partial charge on any atom is 0.416 e. The molecule has 0 radical (unpaired) electrons. The molecule has 0 spiro atoms. The first-order valence-corrected chi connectivity index (χ1v) is 11.6. The van der Waals surface area contributed by atoms with Crippen LogP contribution in [0.2, 0.25) is 0 Å². The van der Waals surface area contributed by atoms with E-state index >= 15 is 0 Å². The van der Waals surface area contributed by atoms with Crippen molar-refractivity contribution in [1.82, 2.24) is 0 Å². The van der Waals surface area contributed by atoms with Crippen molar-refractivity contribution in [3.63, 3.8) is 0 Å². The molecule has 0 aliphatic carbocycles. The van der Waals surface area contributed by atoms with E-state index in [0.29, 0.717) is 16.4 Å². The zero-order valence-corrected chi connectivity index (χ0v) is 18.9. The number of carbonyl (C=O) groups excluding carboxylic acids is 1. The molecule has 0 atom stereocenters. The summed E-state index contributed by atoms with van der Waals surface area (Å²) in [6.07, 6.45) is -4.03. The van der Waals surface area contributed by atoms with Gasteiger partial charge in [-0.05, 0) is 54.8 Å². The molecule has 3 rings (SSSR count). The minimum atomic E-state index is -4.67. The van der Waals surface area contributed by atoms with Crippen LogP contribution in [0.1, 0.15) is 23.6 Å². The van der Waals surface area contributed by atoms with Crippen LogP contribution < -0.4 is 9.62 Å². The van der Waals surface area contributed by atoms with Crippen molar-refractivity contribution < 1.29 is 26.4 Å². The van der Waals surface area contributed by atoms with E-state index in [-0.39, 0.29) is 10.6 Å². The Labute approximate surface area is 190 Å². The molecule has 0 aliphatic rings. The molecule has 0 bridgehead atoms. The summed E-state index contributed by atoms with van der Waals surface area (Å²) in [5.41, 5.74) is 0.940. The number of amides is 1. The van der Waals surface area contributed by atoms with Crippen molar-refractivity contribution in [1.29, 1.82) is 0 Å². The van der Waals surface area contributed by atoms with Crippen LogP contribution in [0.15, 0.2) is 77.7 Å². The molecule has 9 heteroatoms. The molecule has 5 nitrogen and oxygen atoms in total. The van der Waals surface area contributed by atoms with Crippen molar-refractivity contribution in [3.8, 4) is 0 Å². The van der Waals surface area contributed by atoms with Gasteiger partial charge in [-0.2, -0.15) is 13.2 Å². The molecule has 174 valence electrons. The van der Waals surface area contributed by atoms with Gasteiger partial charge in [-0.25, -0.2) is 8.42 Å². The van der Waals surface area contributed by atoms with Gasteiger partial charge in [-0.3, -0.25) is 9.10 Å². The Hall–Kier alpha value is -3.33. The van der Waals surface area contributed by atoms with Gasteiger partial charge in [0.2, 0.25) is 5.91 Å². The van der Waals surface area contributed by atoms with Gasteiger partial charge < -0.3 is 5.32 Å². The molecular formula is C24H23F3N2O3S. The number of para-hydroxylation sites is 1. The molecular weight excluding hydrogens is 453 g/mol. The van der Waals surface area contributed by atoms with Crippen LogP contribution >= 0.6 is 0 Å². The van der Waals surface area contributed by atoms with Gasteiger partial charge in [0.05, 0.1) is 16.1 Å². The summed E-state index contributed by atoms with van der Waals surface area (Å²) in [6, 6.07) is 16.7. The van der Waals surface area contributed by atoms with E-state index in [1.54, 1.807) is 19.1 Å². The van der Waals surface area contributed by atoms with Gasteiger partial charge in [-0.15, -0.1) is 0 Å². The molecule has 33 heavy (non-hydrogen) atoms. The number of sulfonamides is 1. The summed E-state index contributed by atoms with van der Waals surface area (Å²) in [5.74, 6) is -0.670. The molecule has 3 aromatic carbocycles. The topological polar surface area (TPSA) is 66.5 Å². The number of nitrogens with one attached hydrogen (secondary N) is 1. The van der Waals surface area contributed by atoms with Crippen LogP contribution in [0.5, 0.6) is 0 Å². The highest BCUT2D eigenvalue weighted by Gasteiger charge is 2.33. The van der Waals surface area contributed by atoms with Crippen LogP contribution in [0.3, 0.4) is 0 Å². The fraction of sp³-hybridized carbons (Fsp3) is 0.208. The summed E-state index contributed by atoms with van der Waals surface area (Å²) in [7, 11) is -4.32. The number of carbonyl (C=O) groups is 1. The molecule has 0 heterocycles. The van der Waals surface area contributed by atoms with E-state index in [1.807, 2.05) is 19.1 Å². The van der Waals surface area contributed by atoms with Crippen molar-refractivity contribution in [2.24, 2.45) is 0 Å². The number of hydrogen-bond donors (Lipinski definition) is 1. The second-order valence-electron chi connectivity index (χ2n) is 7.38. The van der Waals surface area contributed by atoms with E-state index in [9.17, 15) is 26.4 Å². The average Bonchev–Trinajstić information content (AvgIpc) is 2.79. The highest BCUT2D eigenvalue weighted by Crippen LogP contribution is 2.33. The molecule has 0 aromatic heterocycles. The fourth-order valence-electron chi connectivity index (χ4n) is 3.38. The second-order valence-corrected chi connectivity index (χ2v) is 9.25.